The van der Waals surface area contributed by atoms with Crippen LogP contribution in [0.15, 0.2) is 72.8 Å². The van der Waals surface area contributed by atoms with E-state index in [0.29, 0.717) is 16.9 Å². The molecule has 2 N–H and O–H groups in total. The predicted octanol–water partition coefficient (Wildman–Crippen LogP) is 4.62. The maximum Gasteiger partial charge on any atom is 0.255 e. The second-order valence-electron chi connectivity index (χ2n) is 5.66. The SMILES string of the molecule is O=C(Nc1ccc2[nH]nc(-c3ccc(F)cc3)c2c1)c1ccccc1. The molecule has 0 saturated carbocycles. The molecule has 1 heterocycles. The Hall–Kier alpha value is -3.47. The Bertz CT molecular complexity index is 1040. The monoisotopic (exact) mass is 331 g/mol. The highest BCUT2D eigenvalue weighted by Gasteiger charge is 2.11. The van der Waals surface area contributed by atoms with Crippen LogP contribution in [0.25, 0.3) is 22.2 Å². The maximum atomic E-state index is 13.1. The summed E-state index contributed by atoms with van der Waals surface area (Å²) in [6, 6.07) is 20.7. The number of H-pyrrole nitrogens is 1. The van der Waals surface area contributed by atoms with Crippen molar-refractivity contribution in [2.24, 2.45) is 0 Å². The zero-order valence-electron chi connectivity index (χ0n) is 13.2. The van der Waals surface area contributed by atoms with Crippen molar-refractivity contribution in [3.05, 3.63) is 84.2 Å². The molecule has 1 amide bonds. The van der Waals surface area contributed by atoms with Crippen molar-refractivity contribution in [1.29, 1.82) is 0 Å². The molecule has 0 fully saturated rings. The minimum Gasteiger partial charge on any atom is -0.322 e. The van der Waals surface area contributed by atoms with Gasteiger partial charge in [0, 0.05) is 22.2 Å². The third-order valence-corrected chi connectivity index (χ3v) is 3.97. The summed E-state index contributed by atoms with van der Waals surface area (Å²) in [4.78, 5) is 12.3. The van der Waals surface area contributed by atoms with Crippen molar-refractivity contribution < 1.29 is 9.18 Å². The van der Waals surface area contributed by atoms with Gasteiger partial charge in [0.2, 0.25) is 0 Å². The Morgan fingerprint density at radius 2 is 1.72 bits per heavy atom. The quantitative estimate of drug-likeness (QED) is 0.575. The Morgan fingerprint density at radius 3 is 2.48 bits per heavy atom. The lowest BCUT2D eigenvalue weighted by Crippen LogP contribution is -2.11. The summed E-state index contributed by atoms with van der Waals surface area (Å²) in [5.41, 5.74) is 3.63. The van der Waals surface area contributed by atoms with Crippen molar-refractivity contribution in [1.82, 2.24) is 10.2 Å². The minimum atomic E-state index is -0.292. The van der Waals surface area contributed by atoms with E-state index in [1.165, 1.54) is 12.1 Å². The van der Waals surface area contributed by atoms with Crippen LogP contribution in [0, 0.1) is 5.82 Å². The molecule has 0 saturated heterocycles. The second kappa shape index (κ2) is 6.20. The van der Waals surface area contributed by atoms with E-state index in [0.717, 1.165) is 16.5 Å². The molecular formula is C20H14FN3O. The average molecular weight is 331 g/mol. The van der Waals surface area contributed by atoms with Crippen molar-refractivity contribution in [2.45, 2.75) is 0 Å². The highest BCUT2D eigenvalue weighted by molar-refractivity contribution is 6.05. The van der Waals surface area contributed by atoms with Gasteiger partial charge in [0.25, 0.3) is 5.91 Å². The van der Waals surface area contributed by atoms with Gasteiger partial charge >= 0.3 is 0 Å². The predicted molar refractivity (Wildman–Crippen MR) is 95.9 cm³/mol. The Morgan fingerprint density at radius 1 is 0.960 bits per heavy atom. The number of halogens is 1. The molecule has 0 unspecified atom stereocenters. The summed E-state index contributed by atoms with van der Waals surface area (Å²) >= 11 is 0. The molecule has 0 aliphatic carbocycles. The molecule has 4 aromatic rings. The van der Waals surface area contributed by atoms with E-state index >= 15 is 0 Å². The number of nitrogens with zero attached hydrogens (tertiary/aromatic N) is 1. The first kappa shape index (κ1) is 15.1. The van der Waals surface area contributed by atoms with Crippen molar-refractivity contribution in [3.63, 3.8) is 0 Å². The fourth-order valence-corrected chi connectivity index (χ4v) is 2.71. The van der Waals surface area contributed by atoms with Gasteiger partial charge in [0.1, 0.15) is 5.82 Å². The Labute approximate surface area is 143 Å². The number of rotatable bonds is 3. The zero-order chi connectivity index (χ0) is 17.2. The fraction of sp³-hybridized carbons (Fsp3) is 0. The van der Waals surface area contributed by atoms with E-state index in [4.69, 9.17) is 0 Å². The third kappa shape index (κ3) is 2.99. The molecule has 25 heavy (non-hydrogen) atoms. The summed E-state index contributed by atoms with van der Waals surface area (Å²) in [5, 5.41) is 11.0. The smallest absolute Gasteiger partial charge is 0.255 e. The van der Waals surface area contributed by atoms with Crippen LogP contribution in [0.2, 0.25) is 0 Å². The highest BCUT2D eigenvalue weighted by Crippen LogP contribution is 2.28. The van der Waals surface area contributed by atoms with Crippen LogP contribution in [0.1, 0.15) is 10.4 Å². The van der Waals surface area contributed by atoms with Crippen molar-refractivity contribution >= 4 is 22.5 Å². The summed E-state index contributed by atoms with van der Waals surface area (Å²) < 4.78 is 13.1. The molecular weight excluding hydrogens is 317 g/mol. The highest BCUT2D eigenvalue weighted by atomic mass is 19.1. The van der Waals surface area contributed by atoms with Crippen molar-refractivity contribution in [3.8, 4) is 11.3 Å². The molecule has 0 bridgehead atoms. The van der Waals surface area contributed by atoms with Gasteiger partial charge in [0.15, 0.2) is 0 Å². The fourth-order valence-electron chi connectivity index (χ4n) is 2.71. The number of nitrogens with one attached hydrogen (secondary N) is 2. The van der Waals surface area contributed by atoms with Crippen LogP contribution in [-0.2, 0) is 0 Å². The van der Waals surface area contributed by atoms with Gasteiger partial charge in [-0.3, -0.25) is 9.89 Å². The van der Waals surface area contributed by atoms with Crippen LogP contribution in [0.3, 0.4) is 0 Å². The normalized spacial score (nSPS) is 10.8. The topological polar surface area (TPSA) is 57.8 Å². The first-order valence-corrected chi connectivity index (χ1v) is 7.81. The second-order valence-corrected chi connectivity index (χ2v) is 5.66. The lowest BCUT2D eigenvalue weighted by molar-refractivity contribution is 0.102. The van der Waals surface area contributed by atoms with Crippen LogP contribution >= 0.6 is 0 Å². The standard InChI is InChI=1S/C20H14FN3O/c21-15-8-6-13(7-9-15)19-17-12-16(10-11-18(17)23-24-19)22-20(25)14-4-2-1-3-5-14/h1-12H,(H,22,25)(H,23,24). The molecule has 0 radical (unpaired) electrons. The number of hydrogen-bond donors (Lipinski definition) is 2. The molecule has 4 rings (SSSR count). The number of benzene rings is 3. The molecule has 0 aliphatic heterocycles. The van der Waals surface area contributed by atoms with Gasteiger partial charge in [-0.15, -0.1) is 0 Å². The van der Waals surface area contributed by atoms with E-state index in [9.17, 15) is 9.18 Å². The van der Waals surface area contributed by atoms with Gasteiger partial charge < -0.3 is 5.32 Å². The minimum absolute atomic E-state index is 0.174. The number of aromatic nitrogens is 2. The number of amides is 1. The van der Waals surface area contributed by atoms with Gasteiger partial charge in [-0.1, -0.05) is 18.2 Å². The molecule has 3 aromatic carbocycles. The number of anilines is 1. The summed E-state index contributed by atoms with van der Waals surface area (Å²) in [5.74, 6) is -0.466. The van der Waals surface area contributed by atoms with E-state index in [1.54, 1.807) is 24.3 Å². The van der Waals surface area contributed by atoms with Gasteiger partial charge in [-0.25, -0.2) is 4.39 Å². The van der Waals surface area contributed by atoms with E-state index in [-0.39, 0.29) is 11.7 Å². The van der Waals surface area contributed by atoms with Gasteiger partial charge in [-0.05, 0) is 54.6 Å². The van der Waals surface area contributed by atoms with Crippen molar-refractivity contribution in [2.75, 3.05) is 5.32 Å². The Balaban J connectivity index is 1.69. The van der Waals surface area contributed by atoms with E-state index in [1.807, 2.05) is 36.4 Å². The molecule has 4 nitrogen and oxygen atoms in total. The number of aromatic amines is 1. The number of fused-ring (bicyclic) bond motifs is 1. The first-order chi connectivity index (χ1) is 12.2. The van der Waals surface area contributed by atoms with Crippen LogP contribution in [-0.4, -0.2) is 16.1 Å². The molecule has 0 spiro atoms. The van der Waals surface area contributed by atoms with Crippen LogP contribution in [0.5, 0.6) is 0 Å². The van der Waals surface area contributed by atoms with Crippen LogP contribution < -0.4 is 5.32 Å². The largest absolute Gasteiger partial charge is 0.322 e. The molecule has 0 atom stereocenters. The molecule has 122 valence electrons. The average Bonchev–Trinajstić information content (AvgIpc) is 3.06. The summed E-state index contributed by atoms with van der Waals surface area (Å²) in [7, 11) is 0. The van der Waals surface area contributed by atoms with Gasteiger partial charge in [0.05, 0.1) is 11.2 Å². The van der Waals surface area contributed by atoms with E-state index in [2.05, 4.69) is 15.5 Å². The van der Waals surface area contributed by atoms with E-state index < -0.39 is 0 Å². The first-order valence-electron chi connectivity index (χ1n) is 7.81. The lowest BCUT2D eigenvalue weighted by Gasteiger charge is -2.06. The van der Waals surface area contributed by atoms with Crippen LogP contribution in [0.4, 0.5) is 10.1 Å². The van der Waals surface area contributed by atoms with Gasteiger partial charge in [-0.2, -0.15) is 5.10 Å². The number of carbonyl (C=O) groups is 1. The molecule has 1 aromatic heterocycles. The molecule has 0 aliphatic rings. The lowest BCUT2D eigenvalue weighted by atomic mass is 10.1. The zero-order valence-corrected chi connectivity index (χ0v) is 13.2. The summed E-state index contributed by atoms with van der Waals surface area (Å²) in [6.07, 6.45) is 0. The number of carbonyl (C=O) groups excluding carboxylic acids is 1. The number of hydrogen-bond acceptors (Lipinski definition) is 2. The Kier molecular flexibility index (Phi) is 3.74. The summed E-state index contributed by atoms with van der Waals surface area (Å²) in [6.45, 7) is 0. The molecule has 5 heteroatoms. The maximum absolute atomic E-state index is 13.1. The third-order valence-electron chi connectivity index (χ3n) is 3.97.